The summed E-state index contributed by atoms with van der Waals surface area (Å²) in [6.45, 7) is 6.39. The van der Waals surface area contributed by atoms with E-state index >= 15 is 0 Å². The third-order valence-electron chi connectivity index (χ3n) is 2.45. The molecule has 0 spiro atoms. The van der Waals surface area contributed by atoms with E-state index in [4.69, 9.17) is 10.5 Å². The zero-order valence-corrected chi connectivity index (χ0v) is 11.0. The van der Waals surface area contributed by atoms with Gasteiger partial charge in [0.1, 0.15) is 11.6 Å². The highest BCUT2D eigenvalue weighted by Crippen LogP contribution is 2.22. The molecule has 2 aromatic heterocycles. The van der Waals surface area contributed by atoms with E-state index in [9.17, 15) is 0 Å². The molecule has 0 aromatic carbocycles. The van der Waals surface area contributed by atoms with Crippen molar-refractivity contribution in [3.8, 4) is 5.75 Å². The molecule has 2 heterocycles. The van der Waals surface area contributed by atoms with Gasteiger partial charge in [0.05, 0.1) is 5.69 Å². The lowest BCUT2D eigenvalue weighted by Gasteiger charge is -2.06. The van der Waals surface area contributed by atoms with Gasteiger partial charge in [-0.25, -0.2) is 9.97 Å². The van der Waals surface area contributed by atoms with Crippen molar-refractivity contribution in [1.29, 1.82) is 0 Å². The van der Waals surface area contributed by atoms with Crippen molar-refractivity contribution in [3.05, 3.63) is 33.4 Å². The van der Waals surface area contributed by atoms with Crippen LogP contribution < -0.4 is 10.5 Å². The second kappa shape index (κ2) is 4.71. The molecule has 4 nitrogen and oxygen atoms in total. The Labute approximate surface area is 104 Å². The predicted octanol–water partition coefficient (Wildman–Crippen LogP) is 2.62. The van der Waals surface area contributed by atoms with Crippen LogP contribution in [0.15, 0.2) is 12.1 Å². The summed E-state index contributed by atoms with van der Waals surface area (Å²) in [5.74, 6) is 1.04. The topological polar surface area (TPSA) is 61.0 Å². The molecule has 0 fully saturated rings. The highest BCUT2D eigenvalue weighted by Gasteiger charge is 2.06. The number of nitrogens with zero attached hydrogens (tertiary/aromatic N) is 2. The molecule has 90 valence electrons. The Morgan fingerprint density at radius 2 is 2.00 bits per heavy atom. The first kappa shape index (κ1) is 11.9. The van der Waals surface area contributed by atoms with E-state index in [-0.39, 0.29) is 0 Å². The summed E-state index contributed by atoms with van der Waals surface area (Å²) >= 11 is 1.65. The maximum absolute atomic E-state index is 5.77. The van der Waals surface area contributed by atoms with Crippen molar-refractivity contribution in [2.75, 3.05) is 5.73 Å². The van der Waals surface area contributed by atoms with Crippen LogP contribution in [0, 0.1) is 20.8 Å². The lowest BCUT2D eigenvalue weighted by molar-refractivity contribution is 0.306. The lowest BCUT2D eigenvalue weighted by atomic mass is 10.3. The summed E-state index contributed by atoms with van der Waals surface area (Å²) in [5, 5.41) is 0.958. The molecule has 5 heteroatoms. The summed E-state index contributed by atoms with van der Waals surface area (Å²) < 4.78 is 5.61. The normalized spacial score (nSPS) is 10.5. The average molecular weight is 249 g/mol. The number of thiazole rings is 1. The number of nitrogens with two attached hydrogens (primary N) is 1. The van der Waals surface area contributed by atoms with E-state index in [1.807, 2.05) is 26.0 Å². The standard InChI is InChI=1S/C12H15N3OS/c1-7-4-5-10(12(13)14-7)16-6-11-15-8(2)9(3)17-11/h4-5H,6H2,1-3H3,(H2,13,14). The van der Waals surface area contributed by atoms with E-state index in [0.29, 0.717) is 18.2 Å². The van der Waals surface area contributed by atoms with E-state index in [1.165, 1.54) is 4.88 Å². The van der Waals surface area contributed by atoms with Gasteiger partial charge in [0.25, 0.3) is 0 Å². The minimum atomic E-state index is 0.426. The molecular formula is C12H15N3OS. The zero-order chi connectivity index (χ0) is 12.4. The van der Waals surface area contributed by atoms with Crippen molar-refractivity contribution >= 4 is 17.2 Å². The molecular weight excluding hydrogens is 234 g/mol. The number of ether oxygens (including phenoxy) is 1. The first-order valence-corrected chi connectivity index (χ1v) is 6.16. The fraction of sp³-hybridized carbons (Fsp3) is 0.333. The van der Waals surface area contributed by atoms with E-state index in [2.05, 4.69) is 16.9 Å². The molecule has 2 aromatic rings. The molecule has 0 aliphatic rings. The van der Waals surface area contributed by atoms with Crippen molar-refractivity contribution < 1.29 is 4.74 Å². The molecule has 2 N–H and O–H groups in total. The Kier molecular flexibility index (Phi) is 3.28. The van der Waals surface area contributed by atoms with Gasteiger partial charge in [0.2, 0.25) is 0 Å². The van der Waals surface area contributed by atoms with Gasteiger partial charge in [0.15, 0.2) is 11.6 Å². The summed E-state index contributed by atoms with van der Waals surface area (Å²) in [6, 6.07) is 3.72. The van der Waals surface area contributed by atoms with Crippen LogP contribution in [-0.2, 0) is 6.61 Å². The quantitative estimate of drug-likeness (QED) is 0.908. The first-order valence-electron chi connectivity index (χ1n) is 5.35. The summed E-state index contributed by atoms with van der Waals surface area (Å²) in [7, 11) is 0. The molecule has 2 rings (SSSR count). The fourth-order valence-electron chi connectivity index (χ4n) is 1.43. The highest BCUT2D eigenvalue weighted by atomic mass is 32.1. The van der Waals surface area contributed by atoms with Crippen LogP contribution in [0.5, 0.6) is 5.75 Å². The highest BCUT2D eigenvalue weighted by molar-refractivity contribution is 7.11. The van der Waals surface area contributed by atoms with Gasteiger partial charge >= 0.3 is 0 Å². The van der Waals surface area contributed by atoms with Crippen LogP contribution in [-0.4, -0.2) is 9.97 Å². The number of rotatable bonds is 3. The first-order chi connectivity index (χ1) is 8.06. The van der Waals surface area contributed by atoms with Crippen LogP contribution in [0.1, 0.15) is 21.3 Å². The molecule has 0 saturated heterocycles. The maximum atomic E-state index is 5.77. The van der Waals surface area contributed by atoms with Crippen molar-refractivity contribution in [2.45, 2.75) is 27.4 Å². The molecule has 0 radical (unpaired) electrons. The Morgan fingerprint density at radius 1 is 1.24 bits per heavy atom. The van der Waals surface area contributed by atoms with Crippen LogP contribution in [0.4, 0.5) is 5.82 Å². The van der Waals surface area contributed by atoms with Gasteiger partial charge in [-0.05, 0) is 32.9 Å². The Morgan fingerprint density at radius 3 is 2.59 bits per heavy atom. The second-order valence-corrected chi connectivity index (χ2v) is 5.16. The Hall–Kier alpha value is -1.62. The molecule has 0 amide bonds. The van der Waals surface area contributed by atoms with E-state index in [1.54, 1.807) is 11.3 Å². The number of hydrogen-bond acceptors (Lipinski definition) is 5. The van der Waals surface area contributed by atoms with Gasteiger partial charge in [0, 0.05) is 10.6 Å². The van der Waals surface area contributed by atoms with Gasteiger partial charge < -0.3 is 10.5 Å². The van der Waals surface area contributed by atoms with E-state index < -0.39 is 0 Å². The molecule has 0 bridgehead atoms. The van der Waals surface area contributed by atoms with Crippen molar-refractivity contribution in [3.63, 3.8) is 0 Å². The fourth-order valence-corrected chi connectivity index (χ4v) is 2.27. The molecule has 17 heavy (non-hydrogen) atoms. The largest absolute Gasteiger partial charge is 0.483 e. The average Bonchev–Trinajstić information content (AvgIpc) is 2.57. The minimum absolute atomic E-state index is 0.426. The lowest BCUT2D eigenvalue weighted by Crippen LogP contribution is -2.01. The number of anilines is 1. The third-order valence-corrected chi connectivity index (χ3v) is 3.50. The van der Waals surface area contributed by atoms with Gasteiger partial charge in [-0.1, -0.05) is 0 Å². The van der Waals surface area contributed by atoms with Crippen molar-refractivity contribution in [2.24, 2.45) is 0 Å². The molecule has 0 saturated carbocycles. The summed E-state index contributed by atoms with van der Waals surface area (Å²) in [4.78, 5) is 9.77. The van der Waals surface area contributed by atoms with E-state index in [0.717, 1.165) is 16.4 Å². The Balaban J connectivity index is 2.07. The number of aryl methyl sites for hydroxylation is 3. The zero-order valence-electron chi connectivity index (χ0n) is 10.2. The maximum Gasteiger partial charge on any atom is 0.166 e. The minimum Gasteiger partial charge on any atom is -0.483 e. The molecule has 0 atom stereocenters. The number of pyridine rings is 1. The van der Waals surface area contributed by atoms with Gasteiger partial charge in [-0.15, -0.1) is 11.3 Å². The van der Waals surface area contributed by atoms with Crippen LogP contribution in [0.2, 0.25) is 0 Å². The monoisotopic (exact) mass is 249 g/mol. The van der Waals surface area contributed by atoms with Crippen LogP contribution in [0.3, 0.4) is 0 Å². The smallest absolute Gasteiger partial charge is 0.166 e. The number of nitrogen functional groups attached to an aromatic ring is 1. The molecule has 0 unspecified atom stereocenters. The van der Waals surface area contributed by atoms with Crippen molar-refractivity contribution in [1.82, 2.24) is 9.97 Å². The number of hydrogen-bond donors (Lipinski definition) is 1. The summed E-state index contributed by atoms with van der Waals surface area (Å²) in [5.41, 5.74) is 7.71. The number of aromatic nitrogens is 2. The SMILES string of the molecule is Cc1ccc(OCc2nc(C)c(C)s2)c(N)n1. The Bertz CT molecular complexity index is 517. The van der Waals surface area contributed by atoms with Gasteiger partial charge in [-0.3, -0.25) is 0 Å². The van der Waals surface area contributed by atoms with Gasteiger partial charge in [-0.2, -0.15) is 0 Å². The van der Waals surface area contributed by atoms with Crippen LogP contribution >= 0.6 is 11.3 Å². The molecule has 0 aliphatic heterocycles. The summed E-state index contributed by atoms with van der Waals surface area (Å²) in [6.07, 6.45) is 0. The second-order valence-electron chi connectivity index (χ2n) is 3.87. The predicted molar refractivity (Wildman–Crippen MR) is 69.3 cm³/mol. The van der Waals surface area contributed by atoms with Crippen LogP contribution in [0.25, 0.3) is 0 Å². The molecule has 0 aliphatic carbocycles. The third kappa shape index (κ3) is 2.74.